The second kappa shape index (κ2) is 2.85. The van der Waals surface area contributed by atoms with E-state index in [2.05, 4.69) is 0 Å². The SMILES string of the molecule is CCOC1=C(Cl)C(=O)C1(Cl)Cl. The summed E-state index contributed by atoms with van der Waals surface area (Å²) in [6.45, 7) is 2.14. The smallest absolute Gasteiger partial charge is 0.239 e. The highest BCUT2D eigenvalue weighted by Gasteiger charge is 2.53. The van der Waals surface area contributed by atoms with Gasteiger partial charge < -0.3 is 4.74 Å². The van der Waals surface area contributed by atoms with Crippen molar-refractivity contribution in [2.75, 3.05) is 6.61 Å². The molecule has 0 N–H and O–H groups in total. The molecule has 0 bridgehead atoms. The molecule has 11 heavy (non-hydrogen) atoms. The molecule has 0 aromatic heterocycles. The highest BCUT2D eigenvalue weighted by molar-refractivity contribution is 6.69. The molecule has 2 nitrogen and oxygen atoms in total. The Kier molecular flexibility index (Phi) is 2.37. The minimum Gasteiger partial charge on any atom is -0.493 e. The molecule has 0 unspecified atom stereocenters. The summed E-state index contributed by atoms with van der Waals surface area (Å²) in [6, 6.07) is 0. The van der Waals surface area contributed by atoms with Crippen molar-refractivity contribution in [2.24, 2.45) is 0 Å². The van der Waals surface area contributed by atoms with Gasteiger partial charge in [0, 0.05) is 0 Å². The number of hydrogen-bond donors (Lipinski definition) is 0. The number of allylic oxidation sites excluding steroid dienone is 2. The molecule has 0 saturated carbocycles. The van der Waals surface area contributed by atoms with E-state index in [1.54, 1.807) is 6.92 Å². The third-order valence-electron chi connectivity index (χ3n) is 1.26. The third-order valence-corrected chi connectivity index (χ3v) is 2.29. The fraction of sp³-hybridized carbons (Fsp3) is 0.500. The van der Waals surface area contributed by atoms with Gasteiger partial charge in [-0.15, -0.1) is 0 Å². The van der Waals surface area contributed by atoms with Gasteiger partial charge in [-0.25, -0.2) is 0 Å². The van der Waals surface area contributed by atoms with Gasteiger partial charge in [0.15, 0.2) is 5.76 Å². The Hall–Kier alpha value is 0.0800. The molecule has 0 aliphatic heterocycles. The lowest BCUT2D eigenvalue weighted by atomic mass is 10.1. The van der Waals surface area contributed by atoms with Crippen LogP contribution in [0.15, 0.2) is 10.8 Å². The molecular weight excluding hydrogens is 210 g/mol. The number of carbonyl (C=O) groups is 1. The van der Waals surface area contributed by atoms with Crippen molar-refractivity contribution < 1.29 is 9.53 Å². The molecule has 1 rings (SSSR count). The monoisotopic (exact) mass is 214 g/mol. The van der Waals surface area contributed by atoms with E-state index < -0.39 is 10.1 Å². The second-order valence-electron chi connectivity index (χ2n) is 1.98. The number of Topliss-reactive ketones (excluding diaryl/α,β-unsaturated/α-hetero) is 1. The Morgan fingerprint density at radius 2 is 2.09 bits per heavy atom. The lowest BCUT2D eigenvalue weighted by Crippen LogP contribution is -2.40. The molecule has 0 atom stereocenters. The molecular formula is C6H5Cl3O2. The molecule has 0 saturated heterocycles. The van der Waals surface area contributed by atoms with E-state index in [1.165, 1.54) is 0 Å². The summed E-state index contributed by atoms with van der Waals surface area (Å²) < 4.78 is 3.39. The van der Waals surface area contributed by atoms with Crippen molar-refractivity contribution in [3.05, 3.63) is 10.8 Å². The van der Waals surface area contributed by atoms with Crippen molar-refractivity contribution >= 4 is 40.6 Å². The Balaban J connectivity index is 2.87. The lowest BCUT2D eigenvalue weighted by molar-refractivity contribution is -0.118. The summed E-state index contributed by atoms with van der Waals surface area (Å²) in [6.07, 6.45) is 0. The van der Waals surface area contributed by atoms with Gasteiger partial charge in [0.25, 0.3) is 0 Å². The van der Waals surface area contributed by atoms with Crippen LogP contribution in [0.2, 0.25) is 0 Å². The van der Waals surface area contributed by atoms with E-state index in [4.69, 9.17) is 39.5 Å². The predicted molar refractivity (Wildman–Crippen MR) is 43.9 cm³/mol. The topological polar surface area (TPSA) is 26.3 Å². The first-order valence-electron chi connectivity index (χ1n) is 2.97. The van der Waals surface area contributed by atoms with Crippen LogP contribution in [0.4, 0.5) is 0 Å². The number of ketones is 1. The van der Waals surface area contributed by atoms with Gasteiger partial charge in [0.1, 0.15) is 5.03 Å². The molecule has 0 fully saturated rings. The maximum absolute atomic E-state index is 10.8. The minimum atomic E-state index is -1.55. The van der Waals surface area contributed by atoms with E-state index in [9.17, 15) is 4.79 Å². The molecule has 0 amide bonds. The zero-order valence-corrected chi connectivity index (χ0v) is 7.93. The summed E-state index contributed by atoms with van der Waals surface area (Å²) in [4.78, 5) is 10.8. The van der Waals surface area contributed by atoms with Crippen LogP contribution in [0, 0.1) is 0 Å². The van der Waals surface area contributed by atoms with E-state index in [1.807, 2.05) is 0 Å². The van der Waals surface area contributed by atoms with E-state index in [0.717, 1.165) is 0 Å². The largest absolute Gasteiger partial charge is 0.493 e. The summed E-state index contributed by atoms with van der Waals surface area (Å²) >= 11 is 16.6. The van der Waals surface area contributed by atoms with Crippen LogP contribution in [0.3, 0.4) is 0 Å². The molecule has 0 spiro atoms. The van der Waals surface area contributed by atoms with Crippen molar-refractivity contribution in [3.8, 4) is 0 Å². The average molecular weight is 215 g/mol. The molecule has 62 valence electrons. The van der Waals surface area contributed by atoms with Gasteiger partial charge in [0.2, 0.25) is 10.1 Å². The Morgan fingerprint density at radius 3 is 2.45 bits per heavy atom. The summed E-state index contributed by atoms with van der Waals surface area (Å²) in [7, 11) is 0. The number of alkyl halides is 2. The van der Waals surface area contributed by atoms with Gasteiger partial charge >= 0.3 is 0 Å². The number of hydrogen-bond acceptors (Lipinski definition) is 2. The fourth-order valence-corrected chi connectivity index (χ4v) is 1.74. The highest BCUT2D eigenvalue weighted by atomic mass is 35.5. The Morgan fingerprint density at radius 1 is 1.55 bits per heavy atom. The normalized spacial score (nSPS) is 21.6. The van der Waals surface area contributed by atoms with Gasteiger partial charge in [-0.2, -0.15) is 0 Å². The zero-order valence-electron chi connectivity index (χ0n) is 5.66. The molecule has 0 heterocycles. The van der Waals surface area contributed by atoms with Crippen molar-refractivity contribution in [3.63, 3.8) is 0 Å². The number of rotatable bonds is 2. The van der Waals surface area contributed by atoms with Crippen molar-refractivity contribution in [1.29, 1.82) is 0 Å². The number of halogens is 3. The van der Waals surface area contributed by atoms with Crippen LogP contribution >= 0.6 is 34.8 Å². The first-order chi connectivity index (χ1) is 5.01. The van der Waals surface area contributed by atoms with Gasteiger partial charge in [-0.3, -0.25) is 4.79 Å². The average Bonchev–Trinajstić information content (AvgIpc) is 1.98. The Bertz CT molecular complexity index is 232. The molecule has 5 heteroatoms. The first-order valence-corrected chi connectivity index (χ1v) is 4.10. The van der Waals surface area contributed by atoms with E-state index >= 15 is 0 Å². The standard InChI is InChI=1S/C6H5Cl3O2/c1-2-11-5-3(7)4(10)6(5,8)9/h2H2,1H3. The number of ether oxygens (including phenoxy) is 1. The van der Waals surface area contributed by atoms with Gasteiger partial charge in [0.05, 0.1) is 6.61 Å². The van der Waals surface area contributed by atoms with E-state index in [0.29, 0.717) is 6.61 Å². The Labute approximate surface area is 79.1 Å². The van der Waals surface area contributed by atoms with Crippen molar-refractivity contribution in [1.82, 2.24) is 0 Å². The maximum Gasteiger partial charge on any atom is 0.239 e. The van der Waals surface area contributed by atoms with Gasteiger partial charge in [-0.05, 0) is 6.92 Å². The van der Waals surface area contributed by atoms with Gasteiger partial charge in [-0.1, -0.05) is 34.8 Å². The molecule has 0 aromatic rings. The van der Waals surface area contributed by atoms with Crippen LogP contribution in [0.25, 0.3) is 0 Å². The summed E-state index contributed by atoms with van der Waals surface area (Å²) in [5.41, 5.74) is 0. The van der Waals surface area contributed by atoms with Crippen molar-refractivity contribution in [2.45, 2.75) is 11.3 Å². The first kappa shape index (κ1) is 9.17. The lowest BCUT2D eigenvalue weighted by Gasteiger charge is -2.30. The molecule has 0 aromatic carbocycles. The van der Waals surface area contributed by atoms with Crippen LogP contribution in [0.1, 0.15) is 6.92 Å². The summed E-state index contributed by atoms with van der Waals surface area (Å²) in [5.74, 6) is -0.332. The third kappa shape index (κ3) is 1.24. The van der Waals surface area contributed by atoms with Crippen LogP contribution in [0.5, 0.6) is 0 Å². The molecule has 1 aliphatic rings. The molecule has 1 aliphatic carbocycles. The maximum atomic E-state index is 10.8. The number of carbonyl (C=O) groups excluding carboxylic acids is 1. The quantitative estimate of drug-likeness (QED) is 0.660. The minimum absolute atomic E-state index is 0.00292. The molecule has 0 radical (unpaired) electrons. The van der Waals surface area contributed by atoms with Crippen LogP contribution in [-0.4, -0.2) is 16.7 Å². The van der Waals surface area contributed by atoms with Crippen LogP contribution in [-0.2, 0) is 9.53 Å². The zero-order chi connectivity index (χ0) is 8.65. The second-order valence-corrected chi connectivity index (χ2v) is 3.68. The fourth-order valence-electron chi connectivity index (χ4n) is 0.718. The van der Waals surface area contributed by atoms with E-state index in [-0.39, 0.29) is 10.8 Å². The summed E-state index contributed by atoms with van der Waals surface area (Å²) in [5, 5.41) is -0.00292. The van der Waals surface area contributed by atoms with Crippen LogP contribution < -0.4 is 0 Å². The predicted octanol–water partition coefficient (Wildman–Crippen LogP) is 2.23. The highest BCUT2D eigenvalue weighted by Crippen LogP contribution is 2.46.